The molecule has 12 aromatic carbocycles. The molecule has 16 aromatic rings. The van der Waals surface area contributed by atoms with Gasteiger partial charge in [-0.25, -0.2) is 4.98 Å². The summed E-state index contributed by atoms with van der Waals surface area (Å²) in [5, 5.41) is 4.17. The first-order valence-electron chi connectivity index (χ1n) is 32.5. The lowest BCUT2D eigenvalue weighted by molar-refractivity contribution is -0.571. The average molecular weight is 1100 g/mol. The van der Waals surface area contributed by atoms with Gasteiger partial charge in [-0.2, -0.15) is 0 Å². The SMILES string of the molecule is [2H]c1cc([2H])c(-c2cccc(-c3c([2H])c([2H])c([2H])c([2H])c3[2H])c2-[n+]2[c-]n(-c3cccc(Oc4cc5c(cc4-n4c6ccccc6c6ccccc64)c4ccccc4n5-c4cc(N5c6ccccc6-c6ccccc6-c6ccccc65)ccn4)c3)c3ccccc32)c([2H])c1[2H]. The molecule has 1 aliphatic heterocycles. The van der Waals surface area contributed by atoms with E-state index in [0.29, 0.717) is 34.0 Å². The average Bonchev–Trinajstić information content (AvgIpc) is 1.47. The minimum atomic E-state index is -0.554. The first-order chi connectivity index (χ1) is 45.9. The maximum Gasteiger partial charge on any atom is 0.269 e. The number of rotatable bonds is 9. The molecule has 7 heteroatoms. The molecule has 0 N–H and O–H groups in total. The molecule has 0 radical (unpaired) electrons. The van der Waals surface area contributed by atoms with E-state index in [1.807, 2.05) is 59.3 Å². The zero-order valence-corrected chi connectivity index (χ0v) is 45.3. The van der Waals surface area contributed by atoms with Gasteiger partial charge in [-0.05, 0) is 94.0 Å². The van der Waals surface area contributed by atoms with Gasteiger partial charge in [-0.3, -0.25) is 13.7 Å². The molecule has 0 fully saturated rings. The van der Waals surface area contributed by atoms with Gasteiger partial charge in [0.25, 0.3) is 6.33 Å². The highest BCUT2D eigenvalue weighted by atomic mass is 16.5. The van der Waals surface area contributed by atoms with E-state index < -0.39 is 30.2 Å². The molecule has 0 saturated heterocycles. The minimum Gasteiger partial charge on any atom is -0.456 e. The van der Waals surface area contributed by atoms with Gasteiger partial charge >= 0.3 is 0 Å². The van der Waals surface area contributed by atoms with Crippen LogP contribution in [-0.2, 0) is 0 Å². The predicted molar refractivity (Wildman–Crippen MR) is 347 cm³/mol. The number of pyridine rings is 1. The molecule has 1 aliphatic rings. The zero-order valence-electron chi connectivity index (χ0n) is 54.3. The largest absolute Gasteiger partial charge is 0.456 e. The Morgan fingerprint density at radius 1 is 0.388 bits per heavy atom. The molecule has 85 heavy (non-hydrogen) atoms. The van der Waals surface area contributed by atoms with Crippen LogP contribution in [0.1, 0.15) is 12.3 Å². The first-order valence-corrected chi connectivity index (χ1v) is 28.0. The summed E-state index contributed by atoms with van der Waals surface area (Å²) in [5.74, 6) is 1.72. The molecule has 17 rings (SSSR count). The third-order valence-electron chi connectivity index (χ3n) is 16.3. The van der Waals surface area contributed by atoms with Crippen LogP contribution < -0.4 is 14.2 Å². The molecule has 0 saturated carbocycles. The predicted octanol–water partition coefficient (Wildman–Crippen LogP) is 19.5. The Bertz CT molecular complexity index is 5750. The van der Waals surface area contributed by atoms with Crippen LogP contribution in [0.25, 0.3) is 122 Å². The molecule has 5 heterocycles. The third-order valence-corrected chi connectivity index (χ3v) is 16.3. The van der Waals surface area contributed by atoms with Gasteiger partial charge in [0.2, 0.25) is 0 Å². The Hall–Kier alpha value is -11.5. The zero-order chi connectivity index (χ0) is 63.8. The van der Waals surface area contributed by atoms with Crippen LogP contribution in [-0.4, -0.2) is 18.7 Å². The molecule has 0 atom stereocenters. The molecule has 0 spiro atoms. The molecular weight excluding hydrogens is 1040 g/mol. The second-order valence-corrected chi connectivity index (χ2v) is 21.0. The molecule has 0 unspecified atom stereocenters. The van der Waals surface area contributed by atoms with Gasteiger partial charge in [0.15, 0.2) is 5.75 Å². The number of fused-ring (bicyclic) bond motifs is 12. The minimum absolute atomic E-state index is 0.0252. The number of benzene rings is 12. The summed E-state index contributed by atoms with van der Waals surface area (Å²) in [5.41, 5.74) is 14.6. The Kier molecular flexibility index (Phi) is 9.17. The second-order valence-electron chi connectivity index (χ2n) is 21.0. The fourth-order valence-electron chi connectivity index (χ4n) is 12.7. The molecule has 7 nitrogen and oxygen atoms in total. The number of ether oxygens (including phenoxy) is 1. The van der Waals surface area contributed by atoms with Crippen molar-refractivity contribution in [3.8, 4) is 78.9 Å². The van der Waals surface area contributed by atoms with Crippen molar-refractivity contribution in [1.82, 2.24) is 18.7 Å². The number of nitrogens with zero attached hydrogens (tertiary/aromatic N) is 6. The van der Waals surface area contributed by atoms with Gasteiger partial charge in [0.05, 0.1) is 79.6 Å². The Morgan fingerprint density at radius 2 is 0.941 bits per heavy atom. The van der Waals surface area contributed by atoms with Crippen molar-refractivity contribution in [2.24, 2.45) is 0 Å². The Morgan fingerprint density at radius 3 is 1.64 bits per heavy atom. The van der Waals surface area contributed by atoms with E-state index in [1.165, 1.54) is 6.07 Å². The van der Waals surface area contributed by atoms with Crippen molar-refractivity contribution in [3.05, 3.63) is 310 Å². The molecule has 0 aliphatic carbocycles. The molecule has 0 bridgehead atoms. The summed E-state index contributed by atoms with van der Waals surface area (Å²) in [4.78, 5) is 7.54. The summed E-state index contributed by atoms with van der Waals surface area (Å²) in [6, 6.07) is 77.1. The van der Waals surface area contributed by atoms with E-state index in [0.717, 1.165) is 88.6 Å². The summed E-state index contributed by atoms with van der Waals surface area (Å²) in [7, 11) is 0. The quantitative estimate of drug-likeness (QED) is 0.107. The van der Waals surface area contributed by atoms with Gasteiger partial charge in [0.1, 0.15) is 11.6 Å². The summed E-state index contributed by atoms with van der Waals surface area (Å²) in [6.45, 7) is 0. The van der Waals surface area contributed by atoms with Gasteiger partial charge < -0.3 is 14.2 Å². The van der Waals surface area contributed by atoms with Crippen LogP contribution in [0.4, 0.5) is 17.1 Å². The topological polar surface area (TPSA) is 44.0 Å². The third kappa shape index (κ3) is 7.75. The Labute approximate surface area is 503 Å². The van der Waals surface area contributed by atoms with E-state index >= 15 is 0 Å². The van der Waals surface area contributed by atoms with Crippen molar-refractivity contribution in [1.29, 1.82) is 0 Å². The highest BCUT2D eigenvalue weighted by molar-refractivity contribution is 6.13. The number of hydrogen-bond donors (Lipinski definition) is 0. The number of anilines is 3. The maximum absolute atomic E-state index is 9.21. The monoisotopic (exact) mass is 1100 g/mol. The van der Waals surface area contributed by atoms with E-state index in [4.69, 9.17) is 16.6 Å². The first kappa shape index (κ1) is 39.8. The smallest absolute Gasteiger partial charge is 0.269 e. The van der Waals surface area contributed by atoms with Crippen LogP contribution in [0.15, 0.2) is 303 Å². The van der Waals surface area contributed by atoms with Crippen LogP contribution in [0.5, 0.6) is 11.5 Å². The highest BCUT2D eigenvalue weighted by Crippen LogP contribution is 2.51. The van der Waals surface area contributed by atoms with Crippen LogP contribution in [0.3, 0.4) is 0 Å². The standard InChI is InChI=1S/C78H50N6O/c1-3-23-52(24-4-1)57-36-22-37-58(53-25-5-2-6-26-53)78(57)81-51-80(72-43-19-20-44-73(72)81)54-27-21-28-56(47-54)85-76-50-74-66(49-75(76)83-69-40-16-11-33-63(69)64-34-12-17-41-70(64)83)65-35-13-18-42-71(65)84(74)77-48-55(45-46-79-77)82-67-38-14-9-31-61(67)59-29-7-8-30-60(59)62-32-10-15-39-68(62)82/h1-50H/i1D,2D,3D,4D,5D,23D,24D,25D,26D. The highest BCUT2D eigenvalue weighted by Gasteiger charge is 2.28. The molecule has 0 amide bonds. The van der Waals surface area contributed by atoms with E-state index in [2.05, 4.69) is 190 Å². The van der Waals surface area contributed by atoms with Crippen molar-refractivity contribution in [3.63, 3.8) is 0 Å². The van der Waals surface area contributed by atoms with Crippen molar-refractivity contribution < 1.29 is 21.6 Å². The number of imidazole rings is 1. The van der Waals surface area contributed by atoms with Crippen molar-refractivity contribution in [2.45, 2.75) is 0 Å². The molecular formula is C78H50N6O. The lowest BCUT2D eigenvalue weighted by Gasteiger charge is -2.27. The van der Waals surface area contributed by atoms with E-state index in [1.54, 1.807) is 22.8 Å². The lowest BCUT2D eigenvalue weighted by Crippen LogP contribution is -2.31. The van der Waals surface area contributed by atoms with Gasteiger partial charge in [-0.1, -0.05) is 224 Å². The number of para-hydroxylation sites is 8. The van der Waals surface area contributed by atoms with E-state index in [9.17, 15) is 5.48 Å². The number of aromatic nitrogens is 5. The van der Waals surface area contributed by atoms with E-state index in [-0.39, 0.29) is 52.1 Å². The van der Waals surface area contributed by atoms with Gasteiger partial charge in [0, 0.05) is 51.0 Å². The number of hydrogen-bond acceptors (Lipinski definition) is 3. The Balaban J connectivity index is 0.869. The van der Waals surface area contributed by atoms with Crippen molar-refractivity contribution >= 4 is 71.7 Å². The van der Waals surface area contributed by atoms with Crippen LogP contribution in [0, 0.1) is 6.33 Å². The normalized spacial score (nSPS) is 13.5. The molecule has 4 aromatic heterocycles. The maximum atomic E-state index is 9.21. The fraction of sp³-hybridized carbons (Fsp3) is 0. The lowest BCUT2D eigenvalue weighted by atomic mass is 9.95. The second kappa shape index (κ2) is 19.6. The molecule has 398 valence electrons. The van der Waals surface area contributed by atoms with Crippen LogP contribution >= 0.6 is 0 Å². The van der Waals surface area contributed by atoms with Crippen LogP contribution in [0.2, 0.25) is 0 Å². The van der Waals surface area contributed by atoms with Gasteiger partial charge in [-0.15, -0.1) is 0 Å². The summed E-state index contributed by atoms with van der Waals surface area (Å²) in [6.07, 6.45) is 5.45. The van der Waals surface area contributed by atoms with Crippen molar-refractivity contribution in [2.75, 3.05) is 4.90 Å². The summed E-state index contributed by atoms with van der Waals surface area (Å²) >= 11 is 0. The fourth-order valence-corrected chi connectivity index (χ4v) is 12.7. The summed E-state index contributed by atoms with van der Waals surface area (Å²) < 4.78 is 95.4.